The summed E-state index contributed by atoms with van der Waals surface area (Å²) < 4.78 is 5.02. The molecule has 0 aliphatic heterocycles. The molecule has 0 saturated carbocycles. The van der Waals surface area contributed by atoms with Gasteiger partial charge in [0.2, 0.25) is 0 Å². The van der Waals surface area contributed by atoms with E-state index in [4.69, 9.17) is 4.42 Å². The Hall–Kier alpha value is -1.83. The maximum atomic E-state index is 12.1. The van der Waals surface area contributed by atoms with Crippen LogP contribution in [0.5, 0.6) is 0 Å². The highest BCUT2D eigenvalue weighted by Gasteiger charge is 2.17. The van der Waals surface area contributed by atoms with Gasteiger partial charge in [-0.3, -0.25) is 9.59 Å². The minimum atomic E-state index is -0.375. The maximum Gasteiger partial charge on any atom is 0.291 e. The summed E-state index contributed by atoms with van der Waals surface area (Å²) in [7, 11) is 1.83. The SMILES string of the molecule is CNC(C)CNC(=O)c1ccsc1NC(=O)c1ccco1.Cl. The van der Waals surface area contributed by atoms with E-state index in [1.54, 1.807) is 23.6 Å². The first kappa shape index (κ1) is 18.2. The van der Waals surface area contributed by atoms with Crippen molar-refractivity contribution in [3.05, 3.63) is 41.2 Å². The molecule has 0 saturated heterocycles. The Labute approximate surface area is 138 Å². The number of anilines is 1. The summed E-state index contributed by atoms with van der Waals surface area (Å²) in [6.45, 7) is 2.48. The first-order valence-electron chi connectivity index (χ1n) is 6.49. The van der Waals surface area contributed by atoms with E-state index in [0.29, 0.717) is 17.1 Å². The Bertz CT molecular complexity index is 613. The van der Waals surface area contributed by atoms with Gasteiger partial charge in [-0.25, -0.2) is 0 Å². The minimum Gasteiger partial charge on any atom is -0.459 e. The van der Waals surface area contributed by atoms with E-state index in [2.05, 4.69) is 16.0 Å². The van der Waals surface area contributed by atoms with E-state index in [1.165, 1.54) is 17.6 Å². The van der Waals surface area contributed by atoms with Crippen molar-refractivity contribution in [3.63, 3.8) is 0 Å². The van der Waals surface area contributed by atoms with Gasteiger partial charge < -0.3 is 20.4 Å². The third-order valence-corrected chi connectivity index (χ3v) is 3.77. The summed E-state index contributed by atoms with van der Waals surface area (Å²) in [4.78, 5) is 24.0. The number of likely N-dealkylation sites (N-methyl/N-ethyl adjacent to an activating group) is 1. The number of hydrogen-bond donors (Lipinski definition) is 3. The monoisotopic (exact) mass is 343 g/mol. The van der Waals surface area contributed by atoms with Crippen molar-refractivity contribution in [2.45, 2.75) is 13.0 Å². The van der Waals surface area contributed by atoms with Gasteiger partial charge in [-0.1, -0.05) is 0 Å². The summed E-state index contributed by atoms with van der Waals surface area (Å²) >= 11 is 1.29. The summed E-state index contributed by atoms with van der Waals surface area (Å²) in [5, 5.41) is 10.8. The zero-order chi connectivity index (χ0) is 15.2. The molecule has 0 aromatic carbocycles. The average molecular weight is 344 g/mol. The van der Waals surface area contributed by atoms with Crippen molar-refractivity contribution in [3.8, 4) is 0 Å². The summed E-state index contributed by atoms with van der Waals surface area (Å²) in [5.41, 5.74) is 0.447. The molecule has 2 amide bonds. The standard InChI is InChI=1S/C14H17N3O3S.ClH/c1-9(15-2)8-16-12(18)10-5-7-21-14(10)17-13(19)11-4-3-6-20-11;/h3-7,9,15H,8H2,1-2H3,(H,16,18)(H,17,19);1H. The molecule has 2 heterocycles. The molecule has 0 radical (unpaired) electrons. The fraction of sp³-hybridized carbons (Fsp3) is 0.286. The molecule has 0 fully saturated rings. The van der Waals surface area contributed by atoms with Gasteiger partial charge in [0.25, 0.3) is 11.8 Å². The molecular weight excluding hydrogens is 326 g/mol. The lowest BCUT2D eigenvalue weighted by Gasteiger charge is -2.11. The third-order valence-electron chi connectivity index (χ3n) is 2.94. The Morgan fingerprint density at radius 1 is 1.32 bits per heavy atom. The number of thiophene rings is 1. The molecule has 2 aromatic rings. The number of amides is 2. The van der Waals surface area contributed by atoms with E-state index < -0.39 is 0 Å². The molecular formula is C14H18ClN3O3S. The van der Waals surface area contributed by atoms with Crippen LogP contribution in [-0.2, 0) is 0 Å². The van der Waals surface area contributed by atoms with Crippen LogP contribution in [0.3, 0.4) is 0 Å². The molecule has 0 bridgehead atoms. The van der Waals surface area contributed by atoms with Crippen LogP contribution in [-0.4, -0.2) is 31.4 Å². The van der Waals surface area contributed by atoms with Crippen molar-refractivity contribution >= 4 is 40.6 Å². The number of rotatable bonds is 6. The topological polar surface area (TPSA) is 83.4 Å². The van der Waals surface area contributed by atoms with Gasteiger partial charge in [-0.2, -0.15) is 0 Å². The number of hydrogen-bond acceptors (Lipinski definition) is 5. The number of carbonyl (C=O) groups excluding carboxylic acids is 2. The van der Waals surface area contributed by atoms with Crippen molar-refractivity contribution in [2.75, 3.05) is 18.9 Å². The van der Waals surface area contributed by atoms with Crippen LogP contribution in [0.15, 0.2) is 34.3 Å². The fourth-order valence-electron chi connectivity index (χ4n) is 1.60. The Kier molecular flexibility index (Phi) is 7.10. The van der Waals surface area contributed by atoms with Crippen LogP contribution in [0.2, 0.25) is 0 Å². The van der Waals surface area contributed by atoms with E-state index >= 15 is 0 Å². The smallest absolute Gasteiger partial charge is 0.291 e. The van der Waals surface area contributed by atoms with Gasteiger partial charge in [-0.15, -0.1) is 23.7 Å². The third kappa shape index (κ3) is 4.59. The first-order chi connectivity index (χ1) is 10.1. The highest BCUT2D eigenvalue weighted by atomic mass is 35.5. The predicted octanol–water partition coefficient (Wildman–Crippen LogP) is 2.35. The van der Waals surface area contributed by atoms with Gasteiger partial charge in [0.1, 0.15) is 5.00 Å². The van der Waals surface area contributed by atoms with E-state index in [-0.39, 0.29) is 36.0 Å². The lowest BCUT2D eigenvalue weighted by atomic mass is 10.2. The number of halogens is 1. The zero-order valence-corrected chi connectivity index (χ0v) is 13.8. The fourth-order valence-corrected chi connectivity index (χ4v) is 2.38. The van der Waals surface area contributed by atoms with E-state index in [1.807, 2.05) is 14.0 Å². The number of furan rings is 1. The van der Waals surface area contributed by atoms with Gasteiger partial charge in [0.05, 0.1) is 11.8 Å². The van der Waals surface area contributed by atoms with Gasteiger partial charge in [-0.05, 0) is 37.6 Å². The first-order valence-corrected chi connectivity index (χ1v) is 7.37. The van der Waals surface area contributed by atoms with Crippen molar-refractivity contribution in [1.82, 2.24) is 10.6 Å². The molecule has 6 nitrogen and oxygen atoms in total. The summed E-state index contributed by atoms with van der Waals surface area (Å²) in [6.07, 6.45) is 1.43. The van der Waals surface area contributed by atoms with Crippen molar-refractivity contribution < 1.29 is 14.0 Å². The number of nitrogens with one attached hydrogen (secondary N) is 3. The van der Waals surface area contributed by atoms with Crippen LogP contribution in [0.25, 0.3) is 0 Å². The van der Waals surface area contributed by atoms with Crippen LogP contribution in [0, 0.1) is 0 Å². The van der Waals surface area contributed by atoms with Crippen molar-refractivity contribution in [1.29, 1.82) is 0 Å². The minimum absolute atomic E-state index is 0. The molecule has 0 aliphatic carbocycles. The van der Waals surface area contributed by atoms with Crippen LogP contribution in [0.4, 0.5) is 5.00 Å². The second-order valence-electron chi connectivity index (χ2n) is 4.49. The van der Waals surface area contributed by atoms with Crippen LogP contribution in [0.1, 0.15) is 27.8 Å². The Balaban J connectivity index is 0.00000242. The van der Waals surface area contributed by atoms with Crippen LogP contribution >= 0.6 is 23.7 Å². The number of carbonyl (C=O) groups is 2. The van der Waals surface area contributed by atoms with Gasteiger partial charge >= 0.3 is 0 Å². The second kappa shape index (κ2) is 8.57. The van der Waals surface area contributed by atoms with Gasteiger partial charge in [0, 0.05) is 12.6 Å². The van der Waals surface area contributed by atoms with E-state index in [0.717, 1.165) is 0 Å². The van der Waals surface area contributed by atoms with E-state index in [9.17, 15) is 9.59 Å². The lowest BCUT2D eigenvalue weighted by Crippen LogP contribution is -2.37. The molecule has 0 aliphatic rings. The Morgan fingerprint density at radius 3 is 2.73 bits per heavy atom. The molecule has 1 unspecified atom stereocenters. The Morgan fingerprint density at radius 2 is 2.09 bits per heavy atom. The molecule has 22 heavy (non-hydrogen) atoms. The molecule has 2 rings (SSSR count). The molecule has 0 spiro atoms. The quantitative estimate of drug-likeness (QED) is 0.751. The molecule has 3 N–H and O–H groups in total. The summed E-state index contributed by atoms with van der Waals surface area (Å²) in [6, 6.07) is 5.06. The molecule has 8 heteroatoms. The van der Waals surface area contributed by atoms with Gasteiger partial charge in [0.15, 0.2) is 5.76 Å². The average Bonchev–Trinajstić information content (AvgIpc) is 3.15. The molecule has 120 valence electrons. The highest BCUT2D eigenvalue weighted by Crippen LogP contribution is 2.23. The normalized spacial score (nSPS) is 11.4. The molecule has 1 atom stereocenters. The largest absolute Gasteiger partial charge is 0.459 e. The highest BCUT2D eigenvalue weighted by molar-refractivity contribution is 7.14. The predicted molar refractivity (Wildman–Crippen MR) is 89.1 cm³/mol. The lowest BCUT2D eigenvalue weighted by molar-refractivity contribution is 0.0952. The summed E-state index contributed by atoms with van der Waals surface area (Å²) in [5.74, 6) is -0.383. The maximum absolute atomic E-state index is 12.1. The van der Waals surface area contributed by atoms with Crippen molar-refractivity contribution in [2.24, 2.45) is 0 Å². The zero-order valence-electron chi connectivity index (χ0n) is 12.2. The molecule has 2 aromatic heterocycles. The van der Waals surface area contributed by atoms with Crippen LogP contribution < -0.4 is 16.0 Å². The second-order valence-corrected chi connectivity index (χ2v) is 5.41.